The molecule has 4 nitrogen and oxygen atoms in total. The van der Waals surface area contributed by atoms with E-state index in [2.05, 4.69) is 16.4 Å². The van der Waals surface area contributed by atoms with Crippen molar-refractivity contribution in [2.75, 3.05) is 0 Å². The van der Waals surface area contributed by atoms with Crippen LogP contribution >= 0.6 is 0 Å². The molecule has 2 rings (SSSR count). The SMILES string of the molecule is [C-]#[N+]c1cc2nc(C(O)(C(C)=C=C)C(F)(F)F)[nH]c2cc1C(F)(F)F. The van der Waals surface area contributed by atoms with E-state index in [0.717, 1.165) is 6.92 Å². The number of imidazole rings is 1. The number of H-pyrrole nitrogens is 1. The molecule has 0 bridgehead atoms. The number of fused-ring (bicyclic) bond motifs is 1. The van der Waals surface area contributed by atoms with Gasteiger partial charge >= 0.3 is 12.4 Å². The maximum atomic E-state index is 13.3. The molecule has 1 heterocycles. The minimum absolute atomic E-state index is 0.325. The summed E-state index contributed by atoms with van der Waals surface area (Å²) in [6.07, 6.45) is -10.1. The Morgan fingerprint density at radius 1 is 1.28 bits per heavy atom. The Bertz CT molecular complexity index is 928. The van der Waals surface area contributed by atoms with Crippen molar-refractivity contribution in [3.8, 4) is 0 Å². The number of aromatic nitrogens is 2. The first-order valence-electron chi connectivity index (χ1n) is 6.51. The topological polar surface area (TPSA) is 53.3 Å². The van der Waals surface area contributed by atoms with Gasteiger partial charge in [0, 0.05) is 5.57 Å². The molecule has 25 heavy (non-hydrogen) atoms. The summed E-state index contributed by atoms with van der Waals surface area (Å²) in [5, 5.41) is 10.1. The first kappa shape index (κ1) is 18.6. The number of hydrogen-bond acceptors (Lipinski definition) is 2. The van der Waals surface area contributed by atoms with E-state index in [1.165, 1.54) is 0 Å². The van der Waals surface area contributed by atoms with E-state index in [-0.39, 0.29) is 5.52 Å². The van der Waals surface area contributed by atoms with Gasteiger partial charge in [-0.2, -0.15) is 26.3 Å². The second kappa shape index (κ2) is 5.65. The minimum Gasteiger partial charge on any atom is -0.370 e. The number of nitrogens with one attached hydrogen (secondary N) is 1. The number of aliphatic hydroxyl groups is 1. The second-order valence-electron chi connectivity index (χ2n) is 5.09. The number of nitrogens with zero attached hydrogens (tertiary/aromatic N) is 2. The van der Waals surface area contributed by atoms with Crippen LogP contribution in [0.15, 0.2) is 30.0 Å². The van der Waals surface area contributed by atoms with Gasteiger partial charge in [0.15, 0.2) is 5.82 Å². The molecule has 1 aromatic carbocycles. The molecule has 132 valence electrons. The van der Waals surface area contributed by atoms with Crippen molar-refractivity contribution in [2.24, 2.45) is 0 Å². The molecule has 0 amide bonds. The van der Waals surface area contributed by atoms with Crippen molar-refractivity contribution in [1.82, 2.24) is 9.97 Å². The zero-order chi connectivity index (χ0) is 19.2. The van der Waals surface area contributed by atoms with Crippen molar-refractivity contribution in [2.45, 2.75) is 24.9 Å². The van der Waals surface area contributed by atoms with Crippen LogP contribution in [0.5, 0.6) is 0 Å². The highest BCUT2D eigenvalue weighted by Crippen LogP contribution is 2.44. The van der Waals surface area contributed by atoms with E-state index in [1.54, 1.807) is 0 Å². The zero-order valence-electron chi connectivity index (χ0n) is 12.5. The summed E-state index contributed by atoms with van der Waals surface area (Å²) in [6, 6.07) is 1.18. The van der Waals surface area contributed by atoms with E-state index in [4.69, 9.17) is 6.57 Å². The fourth-order valence-electron chi connectivity index (χ4n) is 2.19. The fourth-order valence-corrected chi connectivity index (χ4v) is 2.19. The van der Waals surface area contributed by atoms with Gasteiger partial charge in [-0.15, -0.1) is 5.73 Å². The third kappa shape index (κ3) is 2.88. The van der Waals surface area contributed by atoms with E-state index in [9.17, 15) is 31.4 Å². The van der Waals surface area contributed by atoms with Gasteiger partial charge in [-0.1, -0.05) is 6.58 Å². The Hall–Kier alpha value is -2.76. The monoisotopic (exact) mass is 361 g/mol. The maximum Gasteiger partial charge on any atom is 0.429 e. The summed E-state index contributed by atoms with van der Waals surface area (Å²) in [7, 11) is 0. The van der Waals surface area contributed by atoms with Crippen LogP contribution in [-0.2, 0) is 11.8 Å². The Morgan fingerprint density at radius 2 is 1.88 bits per heavy atom. The molecule has 1 unspecified atom stereocenters. The first-order valence-corrected chi connectivity index (χ1v) is 6.51. The van der Waals surface area contributed by atoms with E-state index >= 15 is 0 Å². The van der Waals surface area contributed by atoms with Crippen molar-refractivity contribution in [1.29, 1.82) is 0 Å². The molecule has 0 saturated heterocycles. The van der Waals surface area contributed by atoms with E-state index in [0.29, 0.717) is 12.1 Å². The van der Waals surface area contributed by atoms with Gasteiger partial charge in [-0.3, -0.25) is 0 Å². The Labute approximate surface area is 136 Å². The third-order valence-corrected chi connectivity index (χ3v) is 3.59. The number of benzene rings is 1. The number of rotatable bonds is 2. The second-order valence-corrected chi connectivity index (χ2v) is 5.09. The van der Waals surface area contributed by atoms with Gasteiger partial charge in [0.25, 0.3) is 0 Å². The molecule has 0 aliphatic rings. The maximum absolute atomic E-state index is 13.3. The van der Waals surface area contributed by atoms with Crippen LogP contribution in [0, 0.1) is 6.57 Å². The van der Waals surface area contributed by atoms with Crippen LogP contribution in [0.2, 0.25) is 0 Å². The molecule has 1 atom stereocenters. The van der Waals surface area contributed by atoms with Crippen LogP contribution < -0.4 is 0 Å². The van der Waals surface area contributed by atoms with Crippen molar-refractivity contribution >= 4 is 16.7 Å². The van der Waals surface area contributed by atoms with Crippen LogP contribution in [0.25, 0.3) is 15.9 Å². The summed E-state index contributed by atoms with van der Waals surface area (Å²) < 4.78 is 78.9. The first-order chi connectivity index (χ1) is 11.4. The number of alkyl halides is 6. The van der Waals surface area contributed by atoms with Crippen LogP contribution in [-0.4, -0.2) is 21.3 Å². The molecule has 2 aromatic rings. The molecular formula is C15H9F6N3O. The van der Waals surface area contributed by atoms with Crippen molar-refractivity contribution in [3.63, 3.8) is 0 Å². The normalized spacial score (nSPS) is 14.7. The molecule has 1 aromatic heterocycles. The molecule has 0 aliphatic heterocycles. The van der Waals surface area contributed by atoms with Gasteiger partial charge in [-0.05, 0) is 19.1 Å². The Balaban J connectivity index is 2.82. The summed E-state index contributed by atoms with van der Waals surface area (Å²) in [6.45, 7) is 10.7. The van der Waals surface area contributed by atoms with Gasteiger partial charge in [0.05, 0.1) is 23.2 Å². The van der Waals surface area contributed by atoms with Gasteiger partial charge in [0.1, 0.15) is 0 Å². The fraction of sp³-hybridized carbons (Fsp3) is 0.267. The highest BCUT2D eigenvalue weighted by Gasteiger charge is 2.58. The third-order valence-electron chi connectivity index (χ3n) is 3.59. The molecule has 0 saturated carbocycles. The largest absolute Gasteiger partial charge is 0.429 e. The average molecular weight is 361 g/mol. The lowest BCUT2D eigenvalue weighted by molar-refractivity contribution is -0.252. The summed E-state index contributed by atoms with van der Waals surface area (Å²) >= 11 is 0. The van der Waals surface area contributed by atoms with Crippen LogP contribution in [0.1, 0.15) is 18.3 Å². The van der Waals surface area contributed by atoms with E-state index < -0.39 is 46.1 Å². The number of hydrogen-bond donors (Lipinski definition) is 2. The molecule has 0 spiro atoms. The molecule has 2 N–H and O–H groups in total. The lowest BCUT2D eigenvalue weighted by atomic mass is 9.94. The summed E-state index contributed by atoms with van der Waals surface area (Å²) in [4.78, 5) is 8.30. The van der Waals surface area contributed by atoms with Gasteiger partial charge in [-0.25, -0.2) is 9.83 Å². The van der Waals surface area contributed by atoms with Crippen LogP contribution in [0.3, 0.4) is 0 Å². The number of halogens is 6. The molecule has 0 aliphatic carbocycles. The van der Waals surface area contributed by atoms with Gasteiger partial charge < -0.3 is 10.1 Å². The number of aromatic amines is 1. The Kier molecular flexibility index (Phi) is 4.20. The lowest BCUT2D eigenvalue weighted by Gasteiger charge is -2.28. The van der Waals surface area contributed by atoms with Crippen LogP contribution in [0.4, 0.5) is 32.0 Å². The zero-order valence-corrected chi connectivity index (χ0v) is 12.5. The highest BCUT2D eigenvalue weighted by molar-refractivity contribution is 5.82. The molecule has 0 radical (unpaired) electrons. The predicted octanol–water partition coefficient (Wildman–Crippen LogP) is 4.61. The quantitative estimate of drug-likeness (QED) is 0.466. The molecule has 10 heteroatoms. The highest BCUT2D eigenvalue weighted by atomic mass is 19.4. The van der Waals surface area contributed by atoms with Gasteiger partial charge in [0.2, 0.25) is 11.3 Å². The predicted molar refractivity (Wildman–Crippen MR) is 75.6 cm³/mol. The molecular weight excluding hydrogens is 352 g/mol. The van der Waals surface area contributed by atoms with Crippen molar-refractivity contribution < 1.29 is 31.4 Å². The summed E-state index contributed by atoms with van der Waals surface area (Å²) in [5.41, 5.74) is -5.29. The standard InChI is InChI=1S/C15H9F6N3O/c1-4-7(2)13(25,15(19,20)21)12-23-10-5-8(14(16,17)18)9(22-3)6-11(10)24-12/h5-6,25H,1H2,2H3,(H,23,24). The molecule has 0 fully saturated rings. The Morgan fingerprint density at radius 3 is 2.32 bits per heavy atom. The minimum atomic E-state index is -5.23. The average Bonchev–Trinajstić information content (AvgIpc) is 2.93. The summed E-state index contributed by atoms with van der Waals surface area (Å²) in [5.74, 6) is -1.04. The van der Waals surface area contributed by atoms with E-state index in [1.807, 2.05) is 10.7 Å². The lowest BCUT2D eigenvalue weighted by Crippen LogP contribution is -2.44. The van der Waals surface area contributed by atoms with Crippen molar-refractivity contribution in [3.05, 3.63) is 52.8 Å². The smallest absolute Gasteiger partial charge is 0.370 e.